The van der Waals surface area contributed by atoms with Crippen LogP contribution in [0.15, 0.2) is 21.6 Å². The minimum atomic E-state index is -0.569. The SMILES string of the molecule is CCC1CC=NC2=C1n1c(=O)nc(N3CCN(C(=O)OC(C)(C)C)C[C@@H]3C)c3cc(Cl)c(Cl)[n+](c31)C2C. The van der Waals surface area contributed by atoms with Gasteiger partial charge in [0.15, 0.2) is 5.82 Å². The first-order valence-electron chi connectivity index (χ1n) is 12.8. The Morgan fingerprint density at radius 1 is 1.24 bits per heavy atom. The summed E-state index contributed by atoms with van der Waals surface area (Å²) in [6, 6.07) is 1.49. The molecule has 9 nitrogen and oxygen atoms in total. The molecule has 0 N–H and O–H groups in total. The number of halogens is 2. The van der Waals surface area contributed by atoms with Gasteiger partial charge in [-0.05, 0) is 65.1 Å². The number of carbonyl (C=O) groups is 1. The number of anilines is 1. The molecule has 1 saturated heterocycles. The first-order chi connectivity index (χ1) is 17.4. The predicted molar refractivity (Wildman–Crippen MR) is 146 cm³/mol. The summed E-state index contributed by atoms with van der Waals surface area (Å²) in [5.41, 5.74) is 1.45. The highest BCUT2D eigenvalue weighted by molar-refractivity contribution is 6.41. The van der Waals surface area contributed by atoms with Crippen LogP contribution in [0.5, 0.6) is 0 Å². The van der Waals surface area contributed by atoms with Crippen LogP contribution in [0.4, 0.5) is 10.6 Å². The van der Waals surface area contributed by atoms with Crippen LogP contribution in [-0.4, -0.2) is 58.0 Å². The van der Waals surface area contributed by atoms with Gasteiger partial charge in [0.05, 0.1) is 0 Å². The molecule has 0 spiro atoms. The van der Waals surface area contributed by atoms with Crippen molar-refractivity contribution in [2.75, 3.05) is 24.5 Å². The van der Waals surface area contributed by atoms with Crippen molar-refractivity contribution in [2.24, 2.45) is 10.9 Å². The van der Waals surface area contributed by atoms with Gasteiger partial charge in [0.25, 0.3) is 0 Å². The number of hydrogen-bond donors (Lipinski definition) is 0. The molecular formula is C26H33Cl2N6O3+. The van der Waals surface area contributed by atoms with E-state index in [0.29, 0.717) is 41.3 Å². The fraction of sp³-hybridized carbons (Fsp3) is 0.577. The Morgan fingerprint density at radius 3 is 2.62 bits per heavy atom. The molecule has 0 saturated carbocycles. The van der Waals surface area contributed by atoms with Crippen LogP contribution in [0.3, 0.4) is 0 Å². The summed E-state index contributed by atoms with van der Waals surface area (Å²) in [5, 5.41) is 1.48. The van der Waals surface area contributed by atoms with Crippen molar-refractivity contribution in [3.63, 3.8) is 0 Å². The number of aromatic nitrogens is 3. The van der Waals surface area contributed by atoms with Crippen LogP contribution in [0, 0.1) is 5.92 Å². The van der Waals surface area contributed by atoms with E-state index >= 15 is 0 Å². The number of carbonyl (C=O) groups excluding carboxylic acids is 1. The van der Waals surface area contributed by atoms with Crippen LogP contribution in [0.25, 0.3) is 16.7 Å². The Balaban J connectivity index is 1.64. The van der Waals surface area contributed by atoms with Crippen molar-refractivity contribution in [3.05, 3.63) is 32.4 Å². The lowest BCUT2D eigenvalue weighted by Crippen LogP contribution is -2.56. The van der Waals surface area contributed by atoms with Gasteiger partial charge < -0.3 is 14.5 Å². The van der Waals surface area contributed by atoms with Crippen molar-refractivity contribution in [1.82, 2.24) is 14.5 Å². The second-order valence-corrected chi connectivity index (χ2v) is 11.8. The lowest BCUT2D eigenvalue weighted by atomic mass is 9.91. The zero-order valence-corrected chi connectivity index (χ0v) is 23.6. The van der Waals surface area contributed by atoms with Crippen molar-refractivity contribution in [1.29, 1.82) is 0 Å². The molecule has 5 heterocycles. The van der Waals surface area contributed by atoms with E-state index in [4.69, 9.17) is 27.9 Å². The van der Waals surface area contributed by atoms with Crippen molar-refractivity contribution in [2.45, 2.75) is 72.1 Å². The van der Waals surface area contributed by atoms with Crippen molar-refractivity contribution in [3.8, 4) is 0 Å². The molecule has 2 aromatic rings. The van der Waals surface area contributed by atoms with Crippen LogP contribution in [-0.2, 0) is 4.74 Å². The number of nitrogens with zero attached hydrogens (tertiary/aromatic N) is 6. The van der Waals surface area contributed by atoms with Gasteiger partial charge in [0, 0.05) is 37.8 Å². The molecule has 0 radical (unpaired) electrons. The van der Waals surface area contributed by atoms with E-state index in [9.17, 15) is 9.59 Å². The third-order valence-corrected chi connectivity index (χ3v) is 8.10. The number of amides is 1. The fourth-order valence-corrected chi connectivity index (χ4v) is 6.07. The smallest absolute Gasteiger partial charge is 0.441 e. The molecule has 0 aliphatic carbocycles. The van der Waals surface area contributed by atoms with Gasteiger partial charge in [-0.1, -0.05) is 18.5 Å². The number of rotatable bonds is 2. The molecule has 0 bridgehead atoms. The van der Waals surface area contributed by atoms with E-state index in [2.05, 4.69) is 21.8 Å². The number of hydrogen-bond acceptors (Lipinski definition) is 6. The number of fused-ring (bicyclic) bond motifs is 1. The van der Waals surface area contributed by atoms with Crippen LogP contribution in [0.1, 0.15) is 60.4 Å². The molecule has 11 heteroatoms. The van der Waals surface area contributed by atoms with E-state index < -0.39 is 5.60 Å². The third kappa shape index (κ3) is 4.30. The summed E-state index contributed by atoms with van der Waals surface area (Å²) >= 11 is 13.4. The highest BCUT2D eigenvalue weighted by Crippen LogP contribution is 2.41. The van der Waals surface area contributed by atoms with Crippen LogP contribution >= 0.6 is 23.2 Å². The molecule has 198 valence electrons. The predicted octanol–water partition coefficient (Wildman–Crippen LogP) is 4.68. The lowest BCUT2D eigenvalue weighted by molar-refractivity contribution is -0.687. The standard InChI is InChI=1S/C26H33Cl2N6O3/c1-7-16-8-9-29-19-15(3)33-21(28)18(27)12-17-22(30-24(35)34(20(16)19)23(17)33)32-11-10-31(13-14(32)2)25(36)37-26(4,5)6/h9,12,14-16H,7-8,10-11,13H2,1-6H3/q+1/t14-,15?,16?/m0/s1. The van der Waals surface area contributed by atoms with Crippen molar-refractivity contribution < 1.29 is 14.1 Å². The molecule has 3 aliphatic heterocycles. The minimum Gasteiger partial charge on any atom is -0.444 e. The monoisotopic (exact) mass is 547 g/mol. The molecule has 3 atom stereocenters. The Labute approximate surface area is 226 Å². The van der Waals surface area contributed by atoms with Gasteiger partial charge in [-0.2, -0.15) is 4.98 Å². The molecule has 1 amide bonds. The summed E-state index contributed by atoms with van der Waals surface area (Å²) in [6.07, 6.45) is 3.22. The van der Waals surface area contributed by atoms with E-state index in [1.165, 1.54) is 0 Å². The fourth-order valence-electron chi connectivity index (χ4n) is 5.59. The molecule has 2 aromatic heterocycles. The highest BCUT2D eigenvalue weighted by Gasteiger charge is 2.43. The maximum atomic E-state index is 13.7. The van der Waals surface area contributed by atoms with Gasteiger partial charge in [0.2, 0.25) is 5.15 Å². The average Bonchev–Trinajstić information content (AvgIpc) is 2.83. The average molecular weight is 548 g/mol. The van der Waals surface area contributed by atoms with Crippen LogP contribution < -0.4 is 15.2 Å². The largest absolute Gasteiger partial charge is 0.444 e. The first kappa shape index (κ1) is 26.0. The quantitative estimate of drug-likeness (QED) is 0.402. The topological polar surface area (TPSA) is 83.9 Å². The second kappa shape index (κ2) is 9.27. The maximum Gasteiger partial charge on any atom is 0.441 e. The van der Waals surface area contributed by atoms with E-state index in [0.717, 1.165) is 29.6 Å². The minimum absolute atomic E-state index is 0.104. The van der Waals surface area contributed by atoms with Crippen molar-refractivity contribution >= 4 is 58.1 Å². The Hall–Kier alpha value is -2.65. The van der Waals surface area contributed by atoms with Gasteiger partial charge in [-0.15, -0.1) is 4.57 Å². The molecule has 2 unspecified atom stereocenters. The summed E-state index contributed by atoms with van der Waals surface area (Å²) in [7, 11) is 0. The summed E-state index contributed by atoms with van der Waals surface area (Å²) in [5.74, 6) is 0.700. The lowest BCUT2D eigenvalue weighted by Gasteiger charge is -2.41. The number of aliphatic imine (C=N–C) groups is 1. The number of piperazine rings is 1. The molecule has 0 aromatic carbocycles. The summed E-state index contributed by atoms with van der Waals surface area (Å²) < 4.78 is 9.14. The highest BCUT2D eigenvalue weighted by atomic mass is 35.5. The van der Waals surface area contributed by atoms with Gasteiger partial charge in [-0.3, -0.25) is 4.99 Å². The van der Waals surface area contributed by atoms with Gasteiger partial charge in [-0.25, -0.2) is 14.2 Å². The zero-order chi connectivity index (χ0) is 26.8. The summed E-state index contributed by atoms with van der Waals surface area (Å²) in [6.45, 7) is 13.1. The Morgan fingerprint density at radius 2 is 1.97 bits per heavy atom. The van der Waals surface area contributed by atoms with E-state index in [1.807, 2.05) is 45.4 Å². The number of allylic oxidation sites excluding steroid dienone is 2. The van der Waals surface area contributed by atoms with E-state index in [-0.39, 0.29) is 29.8 Å². The molecular weight excluding hydrogens is 515 g/mol. The Bertz CT molecular complexity index is 1410. The molecule has 5 rings (SSSR count). The van der Waals surface area contributed by atoms with Gasteiger partial charge >= 0.3 is 17.4 Å². The number of ether oxygens (including phenoxy) is 1. The molecule has 37 heavy (non-hydrogen) atoms. The summed E-state index contributed by atoms with van der Waals surface area (Å²) in [4.78, 5) is 39.5. The van der Waals surface area contributed by atoms with Crippen LogP contribution in [0.2, 0.25) is 10.2 Å². The third-order valence-electron chi connectivity index (χ3n) is 7.33. The zero-order valence-electron chi connectivity index (χ0n) is 22.1. The van der Waals surface area contributed by atoms with E-state index in [1.54, 1.807) is 15.5 Å². The van der Waals surface area contributed by atoms with Gasteiger partial charge in [0.1, 0.15) is 33.4 Å². The maximum absolute atomic E-state index is 13.7. The Kier molecular flexibility index (Phi) is 6.51. The number of pyridine rings is 1. The molecule has 1 fully saturated rings. The first-order valence-corrected chi connectivity index (χ1v) is 13.6. The normalized spacial score (nSPS) is 23.5. The molecule has 3 aliphatic rings. The second-order valence-electron chi connectivity index (χ2n) is 11.0.